The molecule has 0 radical (unpaired) electrons. The number of carbonyl (C=O) groups excluding carboxylic acids is 1. The molecular weight excluding hydrogens is 274 g/mol. The lowest BCUT2D eigenvalue weighted by Gasteiger charge is -2.38. The molecule has 1 unspecified atom stereocenters. The summed E-state index contributed by atoms with van der Waals surface area (Å²) in [5, 5.41) is 2.71. The zero-order chi connectivity index (χ0) is 12.2. The van der Waals surface area contributed by atoms with Gasteiger partial charge in [0.05, 0.1) is 13.2 Å². The van der Waals surface area contributed by atoms with Crippen LogP contribution in [0.2, 0.25) is 0 Å². The van der Waals surface area contributed by atoms with E-state index >= 15 is 0 Å². The van der Waals surface area contributed by atoms with Crippen molar-refractivity contribution in [3.63, 3.8) is 0 Å². The molecule has 1 aliphatic heterocycles. The van der Waals surface area contributed by atoms with Crippen LogP contribution in [0.1, 0.15) is 13.3 Å². The van der Waals surface area contributed by atoms with E-state index in [1.807, 2.05) is 4.90 Å². The molecule has 0 bridgehead atoms. The number of amides is 1. The highest BCUT2D eigenvalue weighted by molar-refractivity contribution is 6.68. The molecule has 1 aliphatic rings. The second-order valence-corrected chi connectivity index (χ2v) is 5.88. The summed E-state index contributed by atoms with van der Waals surface area (Å²) in [4.78, 5) is 13.3. The molecule has 0 saturated carbocycles. The van der Waals surface area contributed by atoms with Gasteiger partial charge < -0.3 is 10.1 Å². The van der Waals surface area contributed by atoms with E-state index in [1.54, 1.807) is 6.92 Å². The minimum absolute atomic E-state index is 0.136. The van der Waals surface area contributed by atoms with Gasteiger partial charge >= 0.3 is 0 Å². The van der Waals surface area contributed by atoms with Crippen LogP contribution in [0.5, 0.6) is 0 Å². The van der Waals surface area contributed by atoms with Crippen LogP contribution in [0.4, 0.5) is 0 Å². The van der Waals surface area contributed by atoms with E-state index in [2.05, 4.69) is 5.32 Å². The van der Waals surface area contributed by atoms with Crippen LogP contribution in [0.25, 0.3) is 0 Å². The summed E-state index contributed by atoms with van der Waals surface area (Å²) in [6, 6.07) is 0. The minimum Gasteiger partial charge on any atom is -0.379 e. The third-order valence-electron chi connectivity index (χ3n) is 2.34. The van der Waals surface area contributed by atoms with E-state index in [0.29, 0.717) is 32.7 Å². The number of alkyl halides is 3. The molecule has 1 saturated heterocycles. The van der Waals surface area contributed by atoms with Gasteiger partial charge in [-0.15, -0.1) is 0 Å². The van der Waals surface area contributed by atoms with Crippen molar-refractivity contribution in [2.24, 2.45) is 0 Å². The first-order valence-corrected chi connectivity index (χ1v) is 6.26. The average molecular weight is 290 g/mol. The van der Waals surface area contributed by atoms with Crippen LogP contribution in [0, 0.1) is 0 Å². The summed E-state index contributed by atoms with van der Waals surface area (Å²) in [6.45, 7) is 4.20. The van der Waals surface area contributed by atoms with E-state index in [4.69, 9.17) is 39.5 Å². The van der Waals surface area contributed by atoms with Gasteiger partial charge in [-0.05, 0) is 0 Å². The van der Waals surface area contributed by atoms with Gasteiger partial charge in [-0.1, -0.05) is 41.7 Å². The van der Waals surface area contributed by atoms with E-state index in [0.717, 1.165) is 0 Å². The normalized spacial score (nSPS) is 20.5. The molecule has 7 heteroatoms. The minimum atomic E-state index is -1.54. The zero-order valence-corrected chi connectivity index (χ0v) is 11.3. The van der Waals surface area contributed by atoms with Crippen LogP contribution in [0.15, 0.2) is 0 Å². The first-order valence-electron chi connectivity index (χ1n) is 5.13. The van der Waals surface area contributed by atoms with E-state index in [-0.39, 0.29) is 5.91 Å². The Balaban J connectivity index is 2.66. The van der Waals surface area contributed by atoms with Gasteiger partial charge in [0.2, 0.25) is 9.70 Å². The fourth-order valence-corrected chi connectivity index (χ4v) is 2.05. The highest BCUT2D eigenvalue weighted by Crippen LogP contribution is 2.32. The Morgan fingerprint density at radius 1 is 1.44 bits per heavy atom. The van der Waals surface area contributed by atoms with Gasteiger partial charge in [-0.3, -0.25) is 9.69 Å². The number of ether oxygens (including phenoxy) is 1. The van der Waals surface area contributed by atoms with Crippen molar-refractivity contribution < 1.29 is 9.53 Å². The van der Waals surface area contributed by atoms with Gasteiger partial charge in [0.15, 0.2) is 0 Å². The van der Waals surface area contributed by atoms with E-state index in [9.17, 15) is 4.79 Å². The van der Waals surface area contributed by atoms with Gasteiger partial charge in [-0.25, -0.2) is 0 Å². The Hall–Kier alpha value is 0.260. The summed E-state index contributed by atoms with van der Waals surface area (Å²) in [5.74, 6) is -0.136. The Labute approximate surface area is 110 Å². The molecule has 1 atom stereocenters. The van der Waals surface area contributed by atoms with Crippen LogP contribution in [-0.4, -0.2) is 47.1 Å². The largest absolute Gasteiger partial charge is 0.379 e. The molecule has 94 valence electrons. The van der Waals surface area contributed by atoms with Crippen LogP contribution < -0.4 is 5.32 Å². The summed E-state index contributed by atoms with van der Waals surface area (Å²) >= 11 is 17.6. The number of nitrogens with zero attached hydrogens (tertiary/aromatic N) is 1. The zero-order valence-electron chi connectivity index (χ0n) is 9.01. The molecule has 1 fully saturated rings. The van der Waals surface area contributed by atoms with Crippen molar-refractivity contribution in [3.05, 3.63) is 0 Å². The third kappa shape index (κ3) is 4.26. The molecule has 0 spiro atoms. The lowest BCUT2D eigenvalue weighted by molar-refractivity contribution is -0.123. The van der Waals surface area contributed by atoms with E-state index in [1.165, 1.54) is 0 Å². The lowest BCUT2D eigenvalue weighted by Crippen LogP contribution is -2.58. The Morgan fingerprint density at radius 3 is 2.44 bits per heavy atom. The Kier molecular flexibility index (Phi) is 5.61. The number of hydrogen-bond donors (Lipinski definition) is 1. The lowest BCUT2D eigenvalue weighted by atomic mass is 10.3. The molecule has 0 aromatic rings. The van der Waals surface area contributed by atoms with Gasteiger partial charge in [0, 0.05) is 19.5 Å². The first kappa shape index (κ1) is 14.3. The number of hydrogen-bond acceptors (Lipinski definition) is 3. The standard InChI is InChI=1S/C9H15Cl3N2O2/c1-2-7(15)13-8(9(10,11)12)14-3-5-16-6-4-14/h8H,2-6H2,1H3,(H,13,15). The number of rotatable bonds is 3. The third-order valence-corrected chi connectivity index (χ3v) is 2.96. The number of carbonyl (C=O) groups is 1. The molecule has 16 heavy (non-hydrogen) atoms. The summed E-state index contributed by atoms with van der Waals surface area (Å²) in [6.07, 6.45) is -0.240. The molecule has 1 N–H and O–H groups in total. The van der Waals surface area contributed by atoms with Crippen molar-refractivity contribution in [3.8, 4) is 0 Å². The van der Waals surface area contributed by atoms with Crippen LogP contribution in [0.3, 0.4) is 0 Å². The van der Waals surface area contributed by atoms with Gasteiger partial charge in [0.1, 0.15) is 6.17 Å². The maximum atomic E-state index is 11.4. The molecule has 1 heterocycles. The van der Waals surface area contributed by atoms with Crippen LogP contribution >= 0.6 is 34.8 Å². The van der Waals surface area contributed by atoms with Crippen molar-refractivity contribution in [1.29, 1.82) is 0 Å². The molecule has 4 nitrogen and oxygen atoms in total. The predicted octanol–water partition coefficient (Wildman–Crippen LogP) is 1.54. The smallest absolute Gasteiger partial charge is 0.223 e. The van der Waals surface area contributed by atoms with Crippen molar-refractivity contribution >= 4 is 40.7 Å². The quantitative estimate of drug-likeness (QED) is 0.802. The second-order valence-electron chi connectivity index (χ2n) is 3.51. The molecule has 0 aliphatic carbocycles. The fraction of sp³-hybridized carbons (Fsp3) is 0.889. The summed E-state index contributed by atoms with van der Waals surface area (Å²) < 4.78 is 3.67. The number of nitrogens with one attached hydrogen (secondary N) is 1. The average Bonchev–Trinajstić information content (AvgIpc) is 2.25. The maximum absolute atomic E-state index is 11.4. The topological polar surface area (TPSA) is 41.6 Å². The summed E-state index contributed by atoms with van der Waals surface area (Å²) in [5.41, 5.74) is 0. The fourth-order valence-electron chi connectivity index (χ4n) is 1.47. The van der Waals surface area contributed by atoms with Crippen molar-refractivity contribution in [1.82, 2.24) is 10.2 Å². The summed E-state index contributed by atoms with van der Waals surface area (Å²) in [7, 11) is 0. The predicted molar refractivity (Wildman–Crippen MR) is 64.9 cm³/mol. The monoisotopic (exact) mass is 288 g/mol. The molecule has 1 rings (SSSR count). The highest BCUT2D eigenvalue weighted by atomic mass is 35.6. The highest BCUT2D eigenvalue weighted by Gasteiger charge is 2.38. The van der Waals surface area contributed by atoms with Crippen LogP contribution in [-0.2, 0) is 9.53 Å². The van der Waals surface area contributed by atoms with E-state index < -0.39 is 9.96 Å². The number of halogens is 3. The van der Waals surface area contributed by atoms with Crippen molar-refractivity contribution in [2.45, 2.75) is 23.3 Å². The Bertz CT molecular complexity index is 239. The van der Waals surface area contributed by atoms with Crippen molar-refractivity contribution in [2.75, 3.05) is 26.3 Å². The van der Waals surface area contributed by atoms with Gasteiger partial charge in [-0.2, -0.15) is 0 Å². The maximum Gasteiger partial charge on any atom is 0.223 e. The molecular formula is C9H15Cl3N2O2. The second kappa shape index (κ2) is 6.26. The molecule has 0 aromatic carbocycles. The Morgan fingerprint density at radius 2 is 2.00 bits per heavy atom. The number of morpholine rings is 1. The van der Waals surface area contributed by atoms with Gasteiger partial charge in [0.25, 0.3) is 0 Å². The first-order chi connectivity index (χ1) is 7.45. The molecule has 1 amide bonds. The SMILES string of the molecule is CCC(=O)NC(N1CCOCC1)C(Cl)(Cl)Cl. The molecule has 0 aromatic heterocycles.